The second kappa shape index (κ2) is 14.5. The van der Waals surface area contributed by atoms with Crippen LogP contribution in [-0.4, -0.2) is 38.6 Å². The highest BCUT2D eigenvalue weighted by molar-refractivity contribution is 7.89. The van der Waals surface area contributed by atoms with Crippen molar-refractivity contribution in [3.05, 3.63) is 127 Å². The van der Waals surface area contributed by atoms with E-state index in [1.807, 2.05) is 125 Å². The number of benzene rings is 5. The quantitative estimate of drug-likeness (QED) is 0.249. The van der Waals surface area contributed by atoms with Gasteiger partial charge in [-0.15, -0.1) is 0 Å². The number of carbonyl (C=O) groups is 1. The number of para-hydroxylation sites is 2. The van der Waals surface area contributed by atoms with Gasteiger partial charge in [-0.25, -0.2) is 13.4 Å². The highest BCUT2D eigenvalue weighted by atomic mass is 35.5. The van der Waals surface area contributed by atoms with Crippen LogP contribution in [0.15, 0.2) is 131 Å². The standard InChI is InChI=1S/C42H41N3O4S.ClH/c1-42(2,3)41(46)29-23-25-45(26-24-29)50(47,48)39-18-12-11-17-36(39)40-34-21-19-31(43-30-13-7-5-8-14-30)27-37(34)49-38-28-33(20-22-35(38)40)44(4)32-15-9-6-10-16-32;/h5-22,27-29H,23-26H2,1-4H3;1H. The molecule has 7 nitrogen and oxygen atoms in total. The van der Waals surface area contributed by atoms with Gasteiger partial charge in [-0.3, -0.25) is 4.79 Å². The minimum atomic E-state index is -3.90. The summed E-state index contributed by atoms with van der Waals surface area (Å²) in [6.07, 6.45) is 1.03. The molecule has 3 aliphatic rings. The number of sulfonamides is 1. The Labute approximate surface area is 306 Å². The molecule has 2 aliphatic heterocycles. The van der Waals surface area contributed by atoms with Crippen LogP contribution in [-0.2, 0) is 14.8 Å². The monoisotopic (exact) mass is 719 g/mol. The number of Topliss-reactive ketones (excluding diaryl/α,β-unsaturated/α-hetero) is 1. The van der Waals surface area contributed by atoms with Crippen LogP contribution in [0, 0.1) is 11.3 Å². The molecule has 0 saturated carbocycles. The van der Waals surface area contributed by atoms with E-state index in [4.69, 9.17) is 4.42 Å². The van der Waals surface area contributed by atoms with Gasteiger partial charge in [0.25, 0.3) is 0 Å². The smallest absolute Gasteiger partial charge is 0.243 e. The van der Waals surface area contributed by atoms with Gasteiger partial charge in [0.2, 0.25) is 21.1 Å². The lowest BCUT2D eigenvalue weighted by Gasteiger charge is -2.33. The maximum Gasteiger partial charge on any atom is 0.243 e. The van der Waals surface area contributed by atoms with Gasteiger partial charge in [-0.1, -0.05) is 75.4 Å². The molecule has 0 bridgehead atoms. The van der Waals surface area contributed by atoms with Gasteiger partial charge in [0.15, 0.2) is 0 Å². The lowest BCUT2D eigenvalue weighted by atomic mass is 9.79. The normalized spacial score (nSPS) is 14.8. The first-order valence-corrected chi connectivity index (χ1v) is 18.5. The Morgan fingerprint density at radius 2 is 1.43 bits per heavy atom. The molecule has 0 radical (unpaired) electrons. The van der Waals surface area contributed by atoms with Crippen molar-refractivity contribution in [3.63, 3.8) is 0 Å². The topological polar surface area (TPSA) is 84.8 Å². The highest BCUT2D eigenvalue weighted by Gasteiger charge is 2.37. The van der Waals surface area contributed by atoms with Crippen molar-refractivity contribution in [1.29, 1.82) is 0 Å². The summed E-state index contributed by atoms with van der Waals surface area (Å²) in [5.74, 6) is 0.684. The van der Waals surface area contributed by atoms with Crippen LogP contribution in [0.4, 0.5) is 17.1 Å². The molecule has 0 unspecified atom stereocenters. The zero-order valence-electron chi connectivity index (χ0n) is 29.3. The molecular formula is C42H42ClN3O4S. The van der Waals surface area contributed by atoms with Crippen LogP contribution in [0.1, 0.15) is 33.6 Å². The van der Waals surface area contributed by atoms with Crippen LogP contribution in [0.5, 0.6) is 0 Å². The summed E-state index contributed by atoms with van der Waals surface area (Å²) in [7, 11) is -1.88. The Hall–Kier alpha value is -4.76. The number of hydrogen-bond donors (Lipinski definition) is 1. The van der Waals surface area contributed by atoms with Crippen LogP contribution in [0.25, 0.3) is 33.4 Å². The zero-order valence-corrected chi connectivity index (χ0v) is 30.8. The number of piperidine rings is 1. The third kappa shape index (κ3) is 7.22. The molecule has 4 aromatic carbocycles. The van der Waals surface area contributed by atoms with Gasteiger partial charge in [0.05, 0.1) is 11.0 Å². The van der Waals surface area contributed by atoms with Crippen LogP contribution in [0.2, 0.25) is 0 Å². The summed E-state index contributed by atoms with van der Waals surface area (Å²) in [5.41, 5.74) is 5.30. The molecule has 0 aromatic heterocycles. The van der Waals surface area contributed by atoms with E-state index in [0.717, 1.165) is 38.9 Å². The molecule has 0 spiro atoms. The Balaban J connectivity index is 0.00000448. The number of anilines is 2. The number of fused-ring (bicyclic) bond motifs is 2. The molecule has 2 heterocycles. The van der Waals surface area contributed by atoms with Crippen molar-refractivity contribution in [1.82, 2.24) is 4.31 Å². The maximum atomic E-state index is 14.5. The van der Waals surface area contributed by atoms with Crippen molar-refractivity contribution in [3.8, 4) is 22.5 Å². The first-order chi connectivity index (χ1) is 24.0. The van der Waals surface area contributed by atoms with Crippen LogP contribution >= 0.6 is 0 Å². The van der Waals surface area contributed by atoms with E-state index in [9.17, 15) is 13.2 Å². The second-order valence-electron chi connectivity index (χ2n) is 14.0. The van der Waals surface area contributed by atoms with Crippen molar-refractivity contribution < 1.29 is 35.0 Å². The van der Waals surface area contributed by atoms with E-state index in [2.05, 4.69) is 22.0 Å². The van der Waals surface area contributed by atoms with E-state index < -0.39 is 15.4 Å². The van der Waals surface area contributed by atoms with Crippen LogP contribution < -0.4 is 27.7 Å². The molecule has 1 aliphatic carbocycles. The third-order valence-corrected chi connectivity index (χ3v) is 11.6. The lowest BCUT2D eigenvalue weighted by molar-refractivity contribution is -0.402. The number of nitrogens with zero attached hydrogens (tertiary/aromatic N) is 2. The van der Waals surface area contributed by atoms with E-state index in [1.54, 1.807) is 16.4 Å². The van der Waals surface area contributed by atoms with Crippen molar-refractivity contribution in [2.75, 3.05) is 25.0 Å². The summed E-state index contributed by atoms with van der Waals surface area (Å²) < 4.78 is 37.2. The SMILES string of the molecule is CN(c1ccccc1)c1ccc2c(-c3ccccc3S(=O)(=O)N3CCC(C(=O)C(C)(C)C)CC3)c3ccc(=[NH+]c4ccccc4)cc-3oc2c1.[Cl-]. The van der Waals surface area contributed by atoms with Gasteiger partial charge < -0.3 is 21.7 Å². The van der Waals surface area contributed by atoms with Gasteiger partial charge in [-0.2, -0.15) is 4.31 Å². The summed E-state index contributed by atoms with van der Waals surface area (Å²) in [6.45, 7) is 6.40. The summed E-state index contributed by atoms with van der Waals surface area (Å²) in [4.78, 5) is 18.8. The summed E-state index contributed by atoms with van der Waals surface area (Å²) >= 11 is 0. The van der Waals surface area contributed by atoms with E-state index in [-0.39, 0.29) is 29.0 Å². The zero-order chi connectivity index (χ0) is 35.0. The number of rotatable bonds is 7. The molecule has 1 N–H and O–H groups in total. The minimum absolute atomic E-state index is 0. The molecule has 9 heteroatoms. The number of nitrogens with one attached hydrogen (secondary N) is 1. The minimum Gasteiger partial charge on any atom is -1.00 e. The molecular weight excluding hydrogens is 678 g/mol. The molecule has 7 rings (SSSR count). The van der Waals surface area contributed by atoms with Crippen molar-refractivity contribution in [2.45, 2.75) is 38.5 Å². The van der Waals surface area contributed by atoms with Crippen molar-refractivity contribution in [2.24, 2.45) is 11.3 Å². The Kier molecular flexibility index (Phi) is 10.2. The number of halogens is 1. The third-order valence-electron chi connectivity index (χ3n) is 9.64. The van der Waals surface area contributed by atoms with Crippen molar-refractivity contribution >= 4 is 43.8 Å². The molecule has 262 valence electrons. The molecule has 51 heavy (non-hydrogen) atoms. The molecule has 1 fully saturated rings. The van der Waals surface area contributed by atoms with Gasteiger partial charge >= 0.3 is 0 Å². The number of hydrogen-bond acceptors (Lipinski definition) is 5. The van der Waals surface area contributed by atoms with Crippen LogP contribution in [0.3, 0.4) is 0 Å². The fraction of sp³-hybridized carbons (Fsp3) is 0.238. The average Bonchev–Trinajstić information content (AvgIpc) is 3.13. The van der Waals surface area contributed by atoms with E-state index in [1.165, 1.54) is 0 Å². The second-order valence-corrected chi connectivity index (χ2v) is 15.9. The first kappa shape index (κ1) is 36.0. The predicted molar refractivity (Wildman–Crippen MR) is 199 cm³/mol. The van der Waals surface area contributed by atoms with E-state index >= 15 is 0 Å². The molecule has 0 amide bonds. The largest absolute Gasteiger partial charge is 1.00 e. The van der Waals surface area contributed by atoms with E-state index in [0.29, 0.717) is 42.8 Å². The fourth-order valence-corrected chi connectivity index (χ4v) is 8.62. The Bertz CT molecular complexity index is 2330. The van der Waals surface area contributed by atoms with Gasteiger partial charge in [0.1, 0.15) is 17.1 Å². The number of carbonyl (C=O) groups excluding carboxylic acids is 1. The summed E-state index contributed by atoms with van der Waals surface area (Å²) in [5, 5.41) is 1.66. The Morgan fingerprint density at radius 3 is 2.12 bits per heavy atom. The average molecular weight is 720 g/mol. The first-order valence-electron chi connectivity index (χ1n) is 17.1. The maximum absolute atomic E-state index is 14.5. The fourth-order valence-electron chi connectivity index (χ4n) is 6.95. The molecule has 0 atom stereocenters. The molecule has 1 saturated heterocycles. The Morgan fingerprint density at radius 1 is 0.784 bits per heavy atom. The van der Waals surface area contributed by atoms with Gasteiger partial charge in [0, 0.05) is 89.2 Å². The van der Waals surface area contributed by atoms with Gasteiger partial charge in [-0.05, 0) is 49.2 Å². The highest BCUT2D eigenvalue weighted by Crippen LogP contribution is 2.44. The predicted octanol–water partition coefficient (Wildman–Crippen LogP) is 4.31. The molecule has 4 aromatic rings. The lowest BCUT2D eigenvalue weighted by Crippen LogP contribution is -3.00. The summed E-state index contributed by atoms with van der Waals surface area (Å²) in [6, 6.07) is 39.3. The number of ketones is 1.